The van der Waals surface area contributed by atoms with Crippen molar-refractivity contribution in [2.24, 2.45) is 0 Å². The molecule has 58 heavy (non-hydrogen) atoms. The van der Waals surface area contributed by atoms with Gasteiger partial charge in [-0.1, -0.05) is 196 Å². The van der Waals surface area contributed by atoms with E-state index in [2.05, 4.69) is 232 Å². The molecule has 2 aliphatic carbocycles. The van der Waals surface area contributed by atoms with Crippen LogP contribution in [0.3, 0.4) is 0 Å². The molecule has 1 unspecified atom stereocenters. The number of anilines is 3. The quantitative estimate of drug-likeness (QED) is 0.164. The van der Waals surface area contributed by atoms with Gasteiger partial charge in [0.15, 0.2) is 0 Å². The summed E-state index contributed by atoms with van der Waals surface area (Å²) in [7, 11) is 0. The van der Waals surface area contributed by atoms with Gasteiger partial charge in [-0.3, -0.25) is 0 Å². The van der Waals surface area contributed by atoms with Crippen LogP contribution in [0, 0.1) is 0 Å². The van der Waals surface area contributed by atoms with Crippen LogP contribution in [0.15, 0.2) is 206 Å². The molecule has 0 N–H and O–H groups in total. The summed E-state index contributed by atoms with van der Waals surface area (Å²) in [5.74, 6) is 0. The molecule has 9 aromatic rings. The molecular formula is C57H43N. The minimum Gasteiger partial charge on any atom is -0.309 e. The average molecular weight is 742 g/mol. The summed E-state index contributed by atoms with van der Waals surface area (Å²) in [6.07, 6.45) is 0. The lowest BCUT2D eigenvalue weighted by atomic mass is 9.74. The van der Waals surface area contributed by atoms with Gasteiger partial charge in [0.1, 0.15) is 0 Å². The summed E-state index contributed by atoms with van der Waals surface area (Å²) in [6.45, 7) is 7.18. The molecular weight excluding hydrogens is 699 g/mol. The normalized spacial score (nSPS) is 15.7. The summed E-state index contributed by atoms with van der Waals surface area (Å²) >= 11 is 0. The summed E-state index contributed by atoms with van der Waals surface area (Å²) < 4.78 is 0. The van der Waals surface area contributed by atoms with Gasteiger partial charge in [-0.25, -0.2) is 0 Å². The van der Waals surface area contributed by atoms with Gasteiger partial charge in [0.2, 0.25) is 0 Å². The van der Waals surface area contributed by atoms with Crippen molar-refractivity contribution >= 4 is 27.8 Å². The Bertz CT molecular complexity index is 3050. The maximum Gasteiger partial charge on any atom is 0.0540 e. The first-order chi connectivity index (χ1) is 28.4. The highest BCUT2D eigenvalue weighted by Crippen LogP contribution is 2.57. The second kappa shape index (κ2) is 13.0. The van der Waals surface area contributed by atoms with Crippen molar-refractivity contribution in [1.82, 2.24) is 0 Å². The van der Waals surface area contributed by atoms with Crippen LogP contribution in [0.2, 0.25) is 0 Å². The van der Waals surface area contributed by atoms with Crippen LogP contribution in [0.5, 0.6) is 0 Å². The van der Waals surface area contributed by atoms with Crippen molar-refractivity contribution < 1.29 is 0 Å². The first kappa shape index (κ1) is 34.3. The van der Waals surface area contributed by atoms with Crippen LogP contribution in [0.25, 0.3) is 55.3 Å². The number of hydrogen-bond acceptors (Lipinski definition) is 1. The van der Waals surface area contributed by atoms with Crippen molar-refractivity contribution in [3.05, 3.63) is 234 Å². The molecule has 0 saturated heterocycles. The first-order valence-electron chi connectivity index (χ1n) is 20.4. The summed E-state index contributed by atoms with van der Waals surface area (Å²) in [5, 5.41) is 2.58. The molecule has 0 fully saturated rings. The fourth-order valence-corrected chi connectivity index (χ4v) is 10.3. The van der Waals surface area contributed by atoms with Gasteiger partial charge >= 0.3 is 0 Å². The Kier molecular flexibility index (Phi) is 7.72. The second-order valence-corrected chi connectivity index (χ2v) is 16.6. The third-order valence-electron chi connectivity index (χ3n) is 13.2. The minimum absolute atomic E-state index is 0.143. The van der Waals surface area contributed by atoms with Crippen LogP contribution in [0.4, 0.5) is 17.1 Å². The van der Waals surface area contributed by atoms with Crippen molar-refractivity contribution in [1.29, 1.82) is 0 Å². The highest BCUT2D eigenvalue weighted by molar-refractivity contribution is 6.08. The van der Waals surface area contributed by atoms with E-state index in [0.717, 1.165) is 17.1 Å². The summed E-state index contributed by atoms with van der Waals surface area (Å²) in [5.41, 5.74) is 19.8. The van der Waals surface area contributed by atoms with E-state index in [9.17, 15) is 0 Å². The molecule has 0 heterocycles. The van der Waals surface area contributed by atoms with Crippen LogP contribution in [-0.4, -0.2) is 0 Å². The number of rotatable bonds is 6. The summed E-state index contributed by atoms with van der Waals surface area (Å²) in [6, 6.07) is 76.5. The molecule has 0 aromatic heterocycles. The van der Waals surface area contributed by atoms with Crippen molar-refractivity contribution in [3.8, 4) is 44.5 Å². The lowest BCUT2D eigenvalue weighted by molar-refractivity contribution is 0.661. The van der Waals surface area contributed by atoms with Crippen molar-refractivity contribution in [2.45, 2.75) is 31.6 Å². The number of para-hydroxylation sites is 2. The maximum atomic E-state index is 2.52. The number of benzene rings is 9. The zero-order chi connectivity index (χ0) is 39.0. The van der Waals surface area contributed by atoms with Gasteiger partial charge in [-0.2, -0.15) is 0 Å². The Labute approximate surface area is 341 Å². The third-order valence-corrected chi connectivity index (χ3v) is 13.2. The largest absolute Gasteiger partial charge is 0.309 e. The Morgan fingerprint density at radius 1 is 0.362 bits per heavy atom. The van der Waals surface area contributed by atoms with Crippen LogP contribution in [0.1, 0.15) is 48.6 Å². The highest BCUT2D eigenvalue weighted by Gasteiger charge is 2.42. The van der Waals surface area contributed by atoms with E-state index in [1.54, 1.807) is 0 Å². The van der Waals surface area contributed by atoms with Crippen molar-refractivity contribution in [3.63, 3.8) is 0 Å². The Morgan fingerprint density at radius 3 is 1.72 bits per heavy atom. The average Bonchev–Trinajstić information content (AvgIpc) is 3.69. The molecule has 0 bridgehead atoms. The minimum atomic E-state index is -0.329. The molecule has 1 atom stereocenters. The molecule has 11 rings (SSSR count). The number of fused-ring (bicyclic) bond motifs is 8. The van der Waals surface area contributed by atoms with Gasteiger partial charge in [0.25, 0.3) is 0 Å². The van der Waals surface area contributed by atoms with Gasteiger partial charge in [0, 0.05) is 27.6 Å². The predicted molar refractivity (Wildman–Crippen MR) is 245 cm³/mol. The molecule has 276 valence electrons. The Morgan fingerprint density at radius 2 is 0.931 bits per heavy atom. The van der Waals surface area contributed by atoms with Crippen LogP contribution < -0.4 is 4.90 Å². The van der Waals surface area contributed by atoms with E-state index >= 15 is 0 Å². The van der Waals surface area contributed by atoms with Crippen LogP contribution >= 0.6 is 0 Å². The fraction of sp³-hybridized carbons (Fsp3) is 0.0877. The van der Waals surface area contributed by atoms with E-state index in [0.29, 0.717) is 0 Å². The SMILES string of the molecule is CC1(C)c2cccc(-c3ccccc3N(c3ccc4c(c3)C(C)(c3ccccc3)c3ccccc3-4)c3ccccc3-c3ccccc3)c2-c2c1ccc1ccccc21. The van der Waals surface area contributed by atoms with Gasteiger partial charge in [0.05, 0.1) is 11.4 Å². The van der Waals surface area contributed by atoms with E-state index in [1.165, 1.54) is 83.1 Å². The molecule has 0 radical (unpaired) electrons. The first-order valence-corrected chi connectivity index (χ1v) is 20.4. The van der Waals surface area contributed by atoms with E-state index in [-0.39, 0.29) is 10.8 Å². The van der Waals surface area contributed by atoms with Gasteiger partial charge in [-0.05, 0) is 103 Å². The van der Waals surface area contributed by atoms with Gasteiger partial charge < -0.3 is 4.90 Å². The standard InChI is InChI=1S/C57H43N/c1-56(2)49-30-18-28-47(55(49)54-43-25-11-10-21-39(43)33-36-50(54)56)46-27-14-17-32-53(46)58(52-31-16-13-24-42(52)38-19-6-4-7-20-38)41-34-35-45-44-26-12-15-29-48(44)57(3,51(45)37-41)40-22-8-5-9-23-40/h4-37H,1-3H3. The summed E-state index contributed by atoms with van der Waals surface area (Å²) in [4.78, 5) is 2.52. The second-order valence-electron chi connectivity index (χ2n) is 16.6. The van der Waals surface area contributed by atoms with E-state index < -0.39 is 0 Å². The topological polar surface area (TPSA) is 3.24 Å². The number of hydrogen-bond donors (Lipinski definition) is 0. The Balaban J connectivity index is 1.20. The fourth-order valence-electron chi connectivity index (χ4n) is 10.3. The molecule has 1 nitrogen and oxygen atoms in total. The Hall–Kier alpha value is -6.96. The van der Waals surface area contributed by atoms with E-state index in [4.69, 9.17) is 0 Å². The maximum absolute atomic E-state index is 2.52. The highest BCUT2D eigenvalue weighted by atomic mass is 15.1. The molecule has 0 aliphatic heterocycles. The zero-order valence-corrected chi connectivity index (χ0v) is 33.1. The molecule has 0 spiro atoms. The lowest BCUT2D eigenvalue weighted by Gasteiger charge is -2.33. The monoisotopic (exact) mass is 741 g/mol. The smallest absolute Gasteiger partial charge is 0.0540 e. The predicted octanol–water partition coefficient (Wildman–Crippen LogP) is 15.3. The molecule has 1 heteroatoms. The molecule has 0 saturated carbocycles. The third kappa shape index (κ3) is 4.96. The van der Waals surface area contributed by atoms with E-state index in [1.807, 2.05) is 0 Å². The molecule has 9 aromatic carbocycles. The number of nitrogens with zero attached hydrogens (tertiary/aromatic N) is 1. The molecule has 2 aliphatic rings. The zero-order valence-electron chi connectivity index (χ0n) is 33.1. The van der Waals surface area contributed by atoms with Gasteiger partial charge in [-0.15, -0.1) is 0 Å². The molecule has 0 amide bonds. The lowest BCUT2D eigenvalue weighted by Crippen LogP contribution is -2.23. The van der Waals surface area contributed by atoms with Crippen LogP contribution in [-0.2, 0) is 10.8 Å². The van der Waals surface area contributed by atoms with Crippen molar-refractivity contribution in [2.75, 3.05) is 4.90 Å².